The van der Waals surface area contributed by atoms with E-state index in [9.17, 15) is 4.39 Å². The van der Waals surface area contributed by atoms with Crippen molar-refractivity contribution in [1.29, 1.82) is 0 Å². The van der Waals surface area contributed by atoms with E-state index in [2.05, 4.69) is 29.3 Å². The van der Waals surface area contributed by atoms with E-state index in [-0.39, 0.29) is 5.82 Å². The van der Waals surface area contributed by atoms with Gasteiger partial charge in [0.15, 0.2) is 5.82 Å². The van der Waals surface area contributed by atoms with Crippen LogP contribution in [-0.4, -0.2) is 22.7 Å². The third-order valence-electron chi connectivity index (χ3n) is 2.94. The second kappa shape index (κ2) is 7.14. The average Bonchev–Trinajstić information content (AvgIpc) is 2.85. The number of aromatic nitrogens is 2. The smallest absolute Gasteiger partial charge is 0.226 e. The molecule has 2 rings (SSSR count). The molecule has 1 aromatic heterocycles. The fraction of sp³-hybridized carbons (Fsp3) is 0.467. The summed E-state index contributed by atoms with van der Waals surface area (Å²) in [5.74, 6) is 0.906. The molecule has 0 saturated carbocycles. The zero-order chi connectivity index (χ0) is 14.4. The van der Waals surface area contributed by atoms with Crippen molar-refractivity contribution < 1.29 is 8.91 Å². The monoisotopic (exact) mass is 277 g/mol. The minimum absolute atomic E-state index is 0.236. The van der Waals surface area contributed by atoms with Crippen molar-refractivity contribution in [3.8, 4) is 0 Å². The third-order valence-corrected chi connectivity index (χ3v) is 2.94. The molecule has 0 bridgehead atoms. The van der Waals surface area contributed by atoms with Crippen LogP contribution < -0.4 is 5.32 Å². The highest BCUT2D eigenvalue weighted by atomic mass is 19.1. The summed E-state index contributed by atoms with van der Waals surface area (Å²) in [6.45, 7) is 5.14. The maximum atomic E-state index is 13.5. The molecule has 0 saturated heterocycles. The van der Waals surface area contributed by atoms with E-state index >= 15 is 0 Å². The van der Waals surface area contributed by atoms with Crippen LogP contribution in [-0.2, 0) is 12.8 Å². The second-order valence-corrected chi connectivity index (χ2v) is 5.08. The molecular weight excluding hydrogens is 257 g/mol. The molecule has 0 unspecified atom stereocenters. The molecule has 4 nitrogen and oxygen atoms in total. The minimum atomic E-state index is -0.236. The lowest BCUT2D eigenvalue weighted by Gasteiger charge is -2.05. The zero-order valence-corrected chi connectivity index (χ0v) is 11.9. The van der Waals surface area contributed by atoms with Gasteiger partial charge in [-0.05, 0) is 24.6 Å². The van der Waals surface area contributed by atoms with Crippen molar-refractivity contribution in [2.24, 2.45) is 0 Å². The van der Waals surface area contributed by atoms with Gasteiger partial charge in [-0.3, -0.25) is 0 Å². The van der Waals surface area contributed by atoms with E-state index in [0.717, 1.165) is 19.4 Å². The number of aryl methyl sites for hydroxylation is 1. The molecule has 0 amide bonds. The fourth-order valence-corrected chi connectivity index (χ4v) is 1.91. The Balaban J connectivity index is 1.85. The van der Waals surface area contributed by atoms with Gasteiger partial charge >= 0.3 is 0 Å². The van der Waals surface area contributed by atoms with Crippen molar-refractivity contribution >= 4 is 0 Å². The highest BCUT2D eigenvalue weighted by molar-refractivity contribution is 5.20. The summed E-state index contributed by atoms with van der Waals surface area (Å²) < 4.78 is 18.7. The highest BCUT2D eigenvalue weighted by Gasteiger charge is 2.09. The molecule has 0 aliphatic carbocycles. The van der Waals surface area contributed by atoms with Gasteiger partial charge in [0.1, 0.15) is 5.82 Å². The number of rotatable bonds is 7. The SMILES string of the molecule is CC(C)NCCCc1nc(Cc2ccccc2F)no1. The largest absolute Gasteiger partial charge is 0.339 e. The van der Waals surface area contributed by atoms with Gasteiger partial charge in [-0.1, -0.05) is 37.2 Å². The molecule has 1 N–H and O–H groups in total. The van der Waals surface area contributed by atoms with Gasteiger partial charge in [-0.15, -0.1) is 0 Å². The summed E-state index contributed by atoms with van der Waals surface area (Å²) in [6, 6.07) is 7.12. The predicted molar refractivity (Wildman–Crippen MR) is 75.0 cm³/mol. The maximum absolute atomic E-state index is 13.5. The Kier molecular flexibility index (Phi) is 5.24. The van der Waals surface area contributed by atoms with E-state index < -0.39 is 0 Å². The molecule has 0 aliphatic rings. The minimum Gasteiger partial charge on any atom is -0.339 e. The number of hydrogen-bond donors (Lipinski definition) is 1. The molecule has 2 aromatic rings. The third kappa shape index (κ3) is 4.42. The van der Waals surface area contributed by atoms with Gasteiger partial charge in [0.25, 0.3) is 0 Å². The highest BCUT2D eigenvalue weighted by Crippen LogP contribution is 2.11. The van der Waals surface area contributed by atoms with Crippen molar-refractivity contribution in [3.05, 3.63) is 47.4 Å². The lowest BCUT2D eigenvalue weighted by atomic mass is 10.1. The molecule has 0 atom stereocenters. The van der Waals surface area contributed by atoms with Crippen LogP contribution in [0.3, 0.4) is 0 Å². The molecule has 1 aromatic carbocycles. The van der Waals surface area contributed by atoms with Crippen LogP contribution in [0.15, 0.2) is 28.8 Å². The van der Waals surface area contributed by atoms with Crippen molar-refractivity contribution in [3.63, 3.8) is 0 Å². The normalized spacial score (nSPS) is 11.2. The number of halogens is 1. The Morgan fingerprint density at radius 2 is 2.10 bits per heavy atom. The van der Waals surface area contributed by atoms with Gasteiger partial charge in [0.2, 0.25) is 5.89 Å². The van der Waals surface area contributed by atoms with E-state index in [0.29, 0.717) is 29.7 Å². The van der Waals surface area contributed by atoms with Gasteiger partial charge in [-0.2, -0.15) is 4.98 Å². The predicted octanol–water partition coefficient (Wildman–Crippen LogP) is 2.73. The van der Waals surface area contributed by atoms with Crippen LogP contribution in [0, 0.1) is 5.82 Å². The Morgan fingerprint density at radius 3 is 2.85 bits per heavy atom. The van der Waals surface area contributed by atoms with E-state index in [1.54, 1.807) is 18.2 Å². The van der Waals surface area contributed by atoms with Crippen molar-refractivity contribution in [2.45, 2.75) is 39.2 Å². The van der Waals surface area contributed by atoms with E-state index in [1.165, 1.54) is 6.07 Å². The molecule has 5 heteroatoms. The quantitative estimate of drug-likeness (QED) is 0.791. The summed E-state index contributed by atoms with van der Waals surface area (Å²) in [4.78, 5) is 4.29. The van der Waals surface area contributed by atoms with Gasteiger partial charge in [-0.25, -0.2) is 4.39 Å². The van der Waals surface area contributed by atoms with Crippen LogP contribution in [0.4, 0.5) is 4.39 Å². The first-order valence-electron chi connectivity index (χ1n) is 6.93. The number of hydrogen-bond acceptors (Lipinski definition) is 4. The van der Waals surface area contributed by atoms with Crippen LogP contribution in [0.1, 0.15) is 37.5 Å². The summed E-state index contributed by atoms with van der Waals surface area (Å²) >= 11 is 0. The lowest BCUT2D eigenvalue weighted by molar-refractivity contribution is 0.369. The number of nitrogens with zero attached hydrogens (tertiary/aromatic N) is 2. The average molecular weight is 277 g/mol. The first-order valence-corrected chi connectivity index (χ1v) is 6.93. The van der Waals surface area contributed by atoms with Crippen molar-refractivity contribution in [2.75, 3.05) is 6.54 Å². The zero-order valence-electron chi connectivity index (χ0n) is 11.9. The molecule has 0 radical (unpaired) electrons. The molecule has 1 heterocycles. The summed E-state index contributed by atoms with van der Waals surface area (Å²) in [5.41, 5.74) is 0.585. The van der Waals surface area contributed by atoms with Gasteiger partial charge in [0.05, 0.1) is 0 Å². The Morgan fingerprint density at radius 1 is 1.30 bits per heavy atom. The molecule has 20 heavy (non-hydrogen) atoms. The van der Waals surface area contributed by atoms with Crippen LogP contribution >= 0.6 is 0 Å². The van der Waals surface area contributed by atoms with Crippen LogP contribution in [0.5, 0.6) is 0 Å². The summed E-state index contributed by atoms with van der Waals surface area (Å²) in [7, 11) is 0. The maximum Gasteiger partial charge on any atom is 0.226 e. The van der Waals surface area contributed by atoms with Gasteiger partial charge in [0, 0.05) is 18.9 Å². The number of benzene rings is 1. The fourth-order valence-electron chi connectivity index (χ4n) is 1.91. The van der Waals surface area contributed by atoms with Gasteiger partial charge < -0.3 is 9.84 Å². The number of nitrogens with one attached hydrogen (secondary N) is 1. The molecule has 0 aliphatic heterocycles. The Hall–Kier alpha value is -1.75. The summed E-state index contributed by atoms with van der Waals surface area (Å²) in [6.07, 6.45) is 2.05. The molecule has 0 fully saturated rings. The topological polar surface area (TPSA) is 51.0 Å². The second-order valence-electron chi connectivity index (χ2n) is 5.08. The first kappa shape index (κ1) is 14.7. The van der Waals surface area contributed by atoms with Crippen molar-refractivity contribution in [1.82, 2.24) is 15.5 Å². The molecular formula is C15H20FN3O. The van der Waals surface area contributed by atoms with Crippen LogP contribution in [0.2, 0.25) is 0 Å². The standard InChI is InChI=1S/C15H20FN3O/c1-11(2)17-9-5-8-15-18-14(19-20-15)10-12-6-3-4-7-13(12)16/h3-4,6-7,11,17H,5,8-10H2,1-2H3. The first-order chi connectivity index (χ1) is 9.65. The summed E-state index contributed by atoms with van der Waals surface area (Å²) in [5, 5.41) is 7.22. The lowest BCUT2D eigenvalue weighted by Crippen LogP contribution is -2.23. The Labute approximate surface area is 118 Å². The van der Waals surface area contributed by atoms with Crippen LogP contribution in [0.25, 0.3) is 0 Å². The molecule has 108 valence electrons. The van der Waals surface area contributed by atoms with E-state index in [4.69, 9.17) is 4.52 Å². The molecule has 0 spiro atoms. The van der Waals surface area contributed by atoms with E-state index in [1.807, 2.05) is 0 Å². The Bertz CT molecular complexity index is 539.